The van der Waals surface area contributed by atoms with Crippen LogP contribution in [0.25, 0.3) is 6.08 Å². The quantitative estimate of drug-likeness (QED) is 0.784. The molecular formula is C12H14N2. The van der Waals surface area contributed by atoms with Crippen molar-refractivity contribution >= 4 is 6.08 Å². The maximum atomic E-state index is 8.87. The summed E-state index contributed by atoms with van der Waals surface area (Å²) in [6.07, 6.45) is 3.98. The molecule has 2 heteroatoms. The lowest BCUT2D eigenvalue weighted by Gasteiger charge is -1.99. The number of nitriles is 1. The van der Waals surface area contributed by atoms with E-state index in [4.69, 9.17) is 5.26 Å². The maximum Gasteiger partial charge on any atom is 0.0997 e. The highest BCUT2D eigenvalue weighted by Gasteiger charge is 1.97. The summed E-state index contributed by atoms with van der Waals surface area (Å²) in [6, 6.07) is 8.00. The Morgan fingerprint density at radius 1 is 1.50 bits per heavy atom. The number of nitrogens with zero attached hydrogens (tertiary/aromatic N) is 1. The summed E-state index contributed by atoms with van der Waals surface area (Å²) in [4.78, 5) is 0. The second-order valence-corrected chi connectivity index (χ2v) is 3.16. The zero-order valence-electron chi connectivity index (χ0n) is 8.54. The fourth-order valence-electron chi connectivity index (χ4n) is 1.23. The van der Waals surface area contributed by atoms with Gasteiger partial charge in [-0.15, -0.1) is 0 Å². The fourth-order valence-corrected chi connectivity index (χ4v) is 1.23. The van der Waals surface area contributed by atoms with Crippen LogP contribution in [0.4, 0.5) is 0 Å². The van der Waals surface area contributed by atoms with Crippen molar-refractivity contribution in [3.05, 3.63) is 41.0 Å². The lowest BCUT2D eigenvalue weighted by molar-refractivity contribution is 0.922. The van der Waals surface area contributed by atoms with Crippen molar-refractivity contribution in [2.45, 2.75) is 6.92 Å². The van der Waals surface area contributed by atoms with E-state index in [1.165, 1.54) is 5.56 Å². The van der Waals surface area contributed by atoms with Crippen molar-refractivity contribution in [3.8, 4) is 6.07 Å². The average molecular weight is 186 g/mol. The zero-order chi connectivity index (χ0) is 10.4. The Kier molecular flexibility index (Phi) is 3.90. The standard InChI is InChI=1S/C12H14N2/c1-10-5-6-12(9-13)11(8-10)4-3-7-14-2/h3-6,8,14H,7H2,1-2H3. The summed E-state index contributed by atoms with van der Waals surface area (Å²) >= 11 is 0. The number of nitrogens with one attached hydrogen (secondary N) is 1. The molecule has 0 radical (unpaired) electrons. The van der Waals surface area contributed by atoms with E-state index < -0.39 is 0 Å². The van der Waals surface area contributed by atoms with Crippen molar-refractivity contribution in [2.75, 3.05) is 13.6 Å². The molecule has 0 saturated carbocycles. The van der Waals surface area contributed by atoms with E-state index in [9.17, 15) is 0 Å². The first-order chi connectivity index (χ1) is 6.77. The smallest absolute Gasteiger partial charge is 0.0997 e. The van der Waals surface area contributed by atoms with Gasteiger partial charge in [0, 0.05) is 6.54 Å². The highest BCUT2D eigenvalue weighted by atomic mass is 14.8. The molecule has 0 aromatic heterocycles. The Hall–Kier alpha value is -1.59. The number of rotatable bonds is 3. The number of benzene rings is 1. The molecule has 1 N–H and O–H groups in total. The Morgan fingerprint density at radius 2 is 2.29 bits per heavy atom. The van der Waals surface area contributed by atoms with Gasteiger partial charge in [0.2, 0.25) is 0 Å². The van der Waals surface area contributed by atoms with Crippen LogP contribution >= 0.6 is 0 Å². The van der Waals surface area contributed by atoms with E-state index in [0.29, 0.717) is 0 Å². The van der Waals surface area contributed by atoms with Crippen molar-refractivity contribution in [2.24, 2.45) is 0 Å². The van der Waals surface area contributed by atoms with Gasteiger partial charge in [-0.3, -0.25) is 0 Å². The fraction of sp³-hybridized carbons (Fsp3) is 0.250. The normalized spacial score (nSPS) is 10.4. The first-order valence-electron chi connectivity index (χ1n) is 4.60. The summed E-state index contributed by atoms with van der Waals surface area (Å²) in [6.45, 7) is 2.84. The molecule has 1 aromatic rings. The van der Waals surface area contributed by atoms with Crippen LogP contribution in [-0.4, -0.2) is 13.6 Å². The van der Waals surface area contributed by atoms with E-state index in [2.05, 4.69) is 11.4 Å². The lowest BCUT2D eigenvalue weighted by atomic mass is 10.1. The number of hydrogen-bond acceptors (Lipinski definition) is 2. The summed E-state index contributed by atoms with van der Waals surface area (Å²) in [5.74, 6) is 0. The van der Waals surface area contributed by atoms with Gasteiger partial charge in [0.15, 0.2) is 0 Å². The van der Waals surface area contributed by atoms with E-state index in [-0.39, 0.29) is 0 Å². The van der Waals surface area contributed by atoms with E-state index >= 15 is 0 Å². The van der Waals surface area contributed by atoms with Gasteiger partial charge in [-0.2, -0.15) is 5.26 Å². The van der Waals surface area contributed by atoms with Crippen LogP contribution in [0.5, 0.6) is 0 Å². The van der Waals surface area contributed by atoms with Gasteiger partial charge >= 0.3 is 0 Å². The SMILES string of the molecule is CNCC=Cc1cc(C)ccc1C#N. The molecule has 0 heterocycles. The average Bonchev–Trinajstić information content (AvgIpc) is 2.19. The molecule has 0 bridgehead atoms. The van der Waals surface area contributed by atoms with Crippen LogP contribution < -0.4 is 5.32 Å². The highest BCUT2D eigenvalue weighted by molar-refractivity contribution is 5.59. The van der Waals surface area contributed by atoms with Gasteiger partial charge < -0.3 is 5.32 Å². The minimum atomic E-state index is 0.725. The highest BCUT2D eigenvalue weighted by Crippen LogP contribution is 2.12. The Balaban J connectivity index is 2.94. The van der Waals surface area contributed by atoms with Gasteiger partial charge in [-0.1, -0.05) is 29.8 Å². The Morgan fingerprint density at radius 3 is 2.93 bits per heavy atom. The number of aryl methyl sites for hydroxylation is 1. The zero-order valence-corrected chi connectivity index (χ0v) is 8.54. The van der Waals surface area contributed by atoms with Gasteiger partial charge in [-0.05, 0) is 25.6 Å². The van der Waals surface area contributed by atoms with Crippen molar-refractivity contribution in [3.63, 3.8) is 0 Å². The molecule has 0 unspecified atom stereocenters. The predicted octanol–water partition coefficient (Wildman–Crippen LogP) is 2.10. The van der Waals surface area contributed by atoms with E-state index in [0.717, 1.165) is 17.7 Å². The molecule has 0 aliphatic heterocycles. The molecular weight excluding hydrogens is 172 g/mol. The summed E-state index contributed by atoms with van der Waals surface area (Å²) in [5.41, 5.74) is 2.89. The molecule has 1 rings (SSSR count). The first-order valence-corrected chi connectivity index (χ1v) is 4.60. The van der Waals surface area contributed by atoms with Gasteiger partial charge in [0.05, 0.1) is 11.6 Å². The molecule has 1 aromatic carbocycles. The van der Waals surface area contributed by atoms with Crippen molar-refractivity contribution < 1.29 is 0 Å². The van der Waals surface area contributed by atoms with Crippen LogP contribution in [0, 0.1) is 18.3 Å². The number of likely N-dealkylation sites (N-methyl/N-ethyl adjacent to an activating group) is 1. The number of hydrogen-bond donors (Lipinski definition) is 1. The second-order valence-electron chi connectivity index (χ2n) is 3.16. The van der Waals surface area contributed by atoms with Gasteiger partial charge in [0.25, 0.3) is 0 Å². The van der Waals surface area contributed by atoms with Gasteiger partial charge in [-0.25, -0.2) is 0 Å². The molecule has 0 aliphatic carbocycles. The molecule has 0 atom stereocenters. The van der Waals surface area contributed by atoms with E-state index in [1.807, 2.05) is 44.3 Å². The largest absolute Gasteiger partial charge is 0.316 e. The minimum absolute atomic E-state index is 0.725. The molecule has 0 fully saturated rings. The molecule has 2 nitrogen and oxygen atoms in total. The molecule has 0 saturated heterocycles. The third kappa shape index (κ3) is 2.72. The molecule has 0 aliphatic rings. The molecule has 72 valence electrons. The summed E-state index contributed by atoms with van der Waals surface area (Å²) in [7, 11) is 1.89. The maximum absolute atomic E-state index is 8.87. The van der Waals surface area contributed by atoms with Crippen LogP contribution in [0.15, 0.2) is 24.3 Å². The van der Waals surface area contributed by atoms with Crippen molar-refractivity contribution in [1.29, 1.82) is 5.26 Å². The minimum Gasteiger partial charge on any atom is -0.316 e. The summed E-state index contributed by atoms with van der Waals surface area (Å²) < 4.78 is 0. The third-order valence-electron chi connectivity index (χ3n) is 1.95. The van der Waals surface area contributed by atoms with Crippen LogP contribution in [0.3, 0.4) is 0 Å². The lowest BCUT2D eigenvalue weighted by Crippen LogP contribution is -2.03. The van der Waals surface area contributed by atoms with Crippen molar-refractivity contribution in [1.82, 2.24) is 5.32 Å². The second kappa shape index (κ2) is 5.21. The monoisotopic (exact) mass is 186 g/mol. The summed E-state index contributed by atoms with van der Waals surface area (Å²) in [5, 5.41) is 11.9. The van der Waals surface area contributed by atoms with Gasteiger partial charge in [0.1, 0.15) is 0 Å². The van der Waals surface area contributed by atoms with E-state index in [1.54, 1.807) is 0 Å². The van der Waals surface area contributed by atoms with Crippen LogP contribution in [0.2, 0.25) is 0 Å². The topological polar surface area (TPSA) is 35.8 Å². The molecule has 14 heavy (non-hydrogen) atoms. The Labute approximate surface area is 84.9 Å². The van der Waals surface area contributed by atoms with Crippen LogP contribution in [-0.2, 0) is 0 Å². The molecule has 0 spiro atoms. The van der Waals surface area contributed by atoms with Crippen LogP contribution in [0.1, 0.15) is 16.7 Å². The predicted molar refractivity (Wildman–Crippen MR) is 58.9 cm³/mol. The Bertz CT molecular complexity index is 372. The first kappa shape index (κ1) is 10.5. The third-order valence-corrected chi connectivity index (χ3v) is 1.95. The molecule has 0 amide bonds.